The molecule has 21 heavy (non-hydrogen) atoms. The van der Waals surface area contributed by atoms with E-state index in [-0.39, 0.29) is 0 Å². The Morgan fingerprint density at radius 2 is 2.10 bits per heavy atom. The monoisotopic (exact) mass is 300 g/mol. The van der Waals surface area contributed by atoms with Crippen molar-refractivity contribution in [1.29, 1.82) is 0 Å². The van der Waals surface area contributed by atoms with E-state index in [0.717, 1.165) is 44.3 Å². The number of pyridine rings is 1. The molecular weight excluding hydrogens is 285 g/mol. The summed E-state index contributed by atoms with van der Waals surface area (Å²) < 4.78 is 39.8. The molecule has 1 saturated heterocycles. The van der Waals surface area contributed by atoms with Gasteiger partial charge in [-0.1, -0.05) is 6.07 Å². The summed E-state index contributed by atoms with van der Waals surface area (Å²) in [6.07, 6.45) is 0.550. The molecule has 114 valence electrons. The van der Waals surface area contributed by atoms with Gasteiger partial charge in [0.05, 0.1) is 0 Å². The van der Waals surface area contributed by atoms with Gasteiger partial charge in [-0.25, -0.2) is 4.98 Å². The van der Waals surface area contributed by atoms with Crippen molar-refractivity contribution >= 4 is 6.41 Å². The largest absolute Gasteiger partial charge is 0.574 e. The van der Waals surface area contributed by atoms with E-state index < -0.39 is 12.2 Å². The maximum absolute atomic E-state index is 12.0. The maximum atomic E-state index is 12.0. The molecule has 1 aliphatic carbocycles. The molecule has 0 atom stereocenters. The molecule has 1 aromatic heterocycles. The number of rotatable bonds is 4. The van der Waals surface area contributed by atoms with Crippen molar-refractivity contribution in [3.8, 4) is 5.88 Å². The van der Waals surface area contributed by atoms with Crippen LogP contribution in [-0.2, 0) is 11.2 Å². The molecule has 0 N–H and O–H groups in total. The molecule has 3 rings (SSSR count). The van der Waals surface area contributed by atoms with Gasteiger partial charge in [-0.05, 0) is 30.7 Å². The van der Waals surface area contributed by atoms with E-state index in [1.807, 2.05) is 0 Å². The van der Waals surface area contributed by atoms with Gasteiger partial charge in [-0.15, -0.1) is 13.2 Å². The lowest BCUT2D eigenvalue weighted by molar-refractivity contribution is -0.276. The predicted molar refractivity (Wildman–Crippen MR) is 67.4 cm³/mol. The minimum atomic E-state index is -4.70. The first-order chi connectivity index (χ1) is 9.87. The van der Waals surface area contributed by atoms with Crippen LogP contribution in [0.2, 0.25) is 0 Å². The third-order valence-electron chi connectivity index (χ3n) is 4.21. The number of hydrogen-bond acceptors (Lipinski definition) is 3. The number of nitrogens with zero attached hydrogens (tertiary/aromatic N) is 2. The van der Waals surface area contributed by atoms with Gasteiger partial charge >= 0.3 is 6.36 Å². The van der Waals surface area contributed by atoms with Crippen molar-refractivity contribution in [2.75, 3.05) is 13.1 Å². The molecule has 1 saturated carbocycles. The van der Waals surface area contributed by atoms with Gasteiger partial charge < -0.3 is 9.64 Å². The van der Waals surface area contributed by atoms with Crippen molar-refractivity contribution in [3.63, 3.8) is 0 Å². The van der Waals surface area contributed by atoms with E-state index in [1.54, 1.807) is 11.0 Å². The lowest BCUT2D eigenvalue weighted by Gasteiger charge is -2.58. The fourth-order valence-corrected chi connectivity index (χ4v) is 3.50. The zero-order valence-corrected chi connectivity index (χ0v) is 11.3. The van der Waals surface area contributed by atoms with Gasteiger partial charge in [0.1, 0.15) is 0 Å². The Bertz CT molecular complexity index is 516. The Balaban J connectivity index is 1.48. The molecular formula is C14H15F3N2O2. The molecule has 1 aliphatic heterocycles. The molecule has 7 heteroatoms. The smallest absolute Gasteiger partial charge is 0.388 e. The summed E-state index contributed by atoms with van der Waals surface area (Å²) in [6, 6.07) is 2.87. The zero-order valence-electron chi connectivity index (χ0n) is 11.3. The Morgan fingerprint density at radius 3 is 2.62 bits per heavy atom. The molecule has 1 amide bonds. The van der Waals surface area contributed by atoms with Gasteiger partial charge in [0.2, 0.25) is 12.3 Å². The second-order valence-corrected chi connectivity index (χ2v) is 6.04. The first kappa shape index (κ1) is 14.2. The normalized spacial score (nSPS) is 20.8. The molecule has 0 radical (unpaired) electrons. The maximum Gasteiger partial charge on any atom is 0.574 e. The summed E-state index contributed by atoms with van der Waals surface area (Å²) in [4.78, 5) is 16.0. The predicted octanol–water partition coefficient (Wildman–Crippen LogP) is 2.39. The number of carbonyl (C=O) groups excluding carboxylic acids is 1. The average molecular weight is 300 g/mol. The van der Waals surface area contributed by atoms with Crippen LogP contribution >= 0.6 is 0 Å². The fraction of sp³-hybridized carbons (Fsp3) is 0.571. The van der Waals surface area contributed by atoms with E-state index in [0.29, 0.717) is 11.3 Å². The molecule has 0 unspecified atom stereocenters. The molecule has 1 spiro atoms. The number of aromatic nitrogens is 1. The topological polar surface area (TPSA) is 42.4 Å². The molecule has 2 fully saturated rings. The SMILES string of the molecule is O=CN1CC2(CC(Cc3ccc(OC(F)(F)F)nc3)C2)C1. The van der Waals surface area contributed by atoms with E-state index in [2.05, 4.69) is 9.72 Å². The second kappa shape index (κ2) is 4.89. The lowest BCUT2D eigenvalue weighted by atomic mass is 9.57. The molecule has 0 aromatic carbocycles. The summed E-state index contributed by atoms with van der Waals surface area (Å²) in [6.45, 7) is 1.67. The Hall–Kier alpha value is -1.79. The first-order valence-corrected chi connectivity index (χ1v) is 6.78. The minimum Gasteiger partial charge on any atom is -0.388 e. The third-order valence-corrected chi connectivity index (χ3v) is 4.21. The van der Waals surface area contributed by atoms with Crippen LogP contribution in [0.25, 0.3) is 0 Å². The Morgan fingerprint density at radius 1 is 1.38 bits per heavy atom. The Kier molecular flexibility index (Phi) is 3.30. The van der Waals surface area contributed by atoms with Crippen molar-refractivity contribution in [1.82, 2.24) is 9.88 Å². The highest BCUT2D eigenvalue weighted by Crippen LogP contribution is 2.52. The number of amides is 1. The van der Waals surface area contributed by atoms with Crippen LogP contribution in [-0.4, -0.2) is 35.7 Å². The summed E-state index contributed by atoms with van der Waals surface area (Å²) in [5.41, 5.74) is 1.22. The number of carbonyl (C=O) groups is 1. The summed E-state index contributed by atoms with van der Waals surface area (Å²) in [5.74, 6) is 0.0898. The lowest BCUT2D eigenvalue weighted by Crippen LogP contribution is -2.61. The second-order valence-electron chi connectivity index (χ2n) is 6.04. The van der Waals surface area contributed by atoms with Gasteiger partial charge in [0, 0.05) is 30.8 Å². The number of alkyl halides is 3. The quantitative estimate of drug-likeness (QED) is 0.802. The molecule has 2 aliphatic rings. The van der Waals surface area contributed by atoms with Crippen LogP contribution in [0.1, 0.15) is 18.4 Å². The van der Waals surface area contributed by atoms with Gasteiger partial charge in [0.25, 0.3) is 0 Å². The van der Waals surface area contributed by atoms with E-state index in [4.69, 9.17) is 0 Å². The van der Waals surface area contributed by atoms with Crippen LogP contribution < -0.4 is 4.74 Å². The summed E-state index contributed by atoms with van der Waals surface area (Å²) >= 11 is 0. The molecule has 4 nitrogen and oxygen atoms in total. The number of ether oxygens (including phenoxy) is 1. The van der Waals surface area contributed by atoms with Crippen molar-refractivity contribution in [2.45, 2.75) is 25.6 Å². The van der Waals surface area contributed by atoms with Crippen LogP contribution in [0, 0.1) is 11.3 Å². The van der Waals surface area contributed by atoms with Crippen LogP contribution in [0.15, 0.2) is 18.3 Å². The van der Waals surface area contributed by atoms with Gasteiger partial charge in [0.15, 0.2) is 0 Å². The highest BCUT2D eigenvalue weighted by atomic mass is 19.4. The molecule has 0 bridgehead atoms. The van der Waals surface area contributed by atoms with E-state index in [1.165, 1.54) is 12.3 Å². The number of halogens is 3. The first-order valence-electron chi connectivity index (χ1n) is 6.78. The van der Waals surface area contributed by atoms with E-state index in [9.17, 15) is 18.0 Å². The van der Waals surface area contributed by atoms with Crippen LogP contribution in [0.5, 0.6) is 5.88 Å². The molecule has 1 aromatic rings. The highest BCUT2D eigenvalue weighted by molar-refractivity contribution is 5.49. The Labute approximate surface area is 119 Å². The van der Waals surface area contributed by atoms with Crippen LogP contribution in [0.3, 0.4) is 0 Å². The van der Waals surface area contributed by atoms with Gasteiger partial charge in [-0.3, -0.25) is 4.79 Å². The minimum absolute atomic E-state index is 0.304. The third kappa shape index (κ3) is 3.11. The van der Waals surface area contributed by atoms with E-state index >= 15 is 0 Å². The van der Waals surface area contributed by atoms with Crippen molar-refractivity contribution in [3.05, 3.63) is 23.9 Å². The summed E-state index contributed by atoms with van der Waals surface area (Å²) in [5, 5.41) is 0. The van der Waals surface area contributed by atoms with Crippen molar-refractivity contribution in [2.24, 2.45) is 11.3 Å². The number of hydrogen-bond donors (Lipinski definition) is 0. The van der Waals surface area contributed by atoms with Gasteiger partial charge in [-0.2, -0.15) is 0 Å². The highest BCUT2D eigenvalue weighted by Gasteiger charge is 2.51. The standard InChI is InChI=1S/C14H15F3N2O2/c15-14(16,17)21-12-2-1-10(6-18-12)3-11-4-13(5-11)7-19(8-13)9-20/h1-2,6,9,11H,3-5,7-8H2. The zero-order chi connectivity index (χ0) is 15.1. The van der Waals surface area contributed by atoms with Crippen LogP contribution in [0.4, 0.5) is 13.2 Å². The number of likely N-dealkylation sites (tertiary alicyclic amines) is 1. The summed E-state index contributed by atoms with van der Waals surface area (Å²) in [7, 11) is 0. The molecule has 2 heterocycles. The average Bonchev–Trinajstić information content (AvgIpc) is 2.30. The van der Waals surface area contributed by atoms with Crippen molar-refractivity contribution < 1.29 is 22.7 Å². The fourth-order valence-electron chi connectivity index (χ4n) is 3.50.